The monoisotopic (exact) mass is 203 g/mol. The molecule has 0 bridgehead atoms. The van der Waals surface area contributed by atoms with Crippen molar-refractivity contribution in [1.29, 1.82) is 0 Å². The third kappa shape index (κ3) is 2.04. The lowest BCUT2D eigenvalue weighted by Crippen LogP contribution is -2.02. The number of ether oxygens (including phenoxy) is 1. The van der Waals surface area contributed by atoms with Crippen molar-refractivity contribution in [2.24, 2.45) is 0 Å². The van der Waals surface area contributed by atoms with E-state index in [4.69, 9.17) is 4.74 Å². The van der Waals surface area contributed by atoms with Crippen LogP contribution in [0.5, 0.6) is 5.75 Å². The van der Waals surface area contributed by atoms with Gasteiger partial charge in [-0.2, -0.15) is 0 Å². The Balaban J connectivity index is 2.43. The first-order chi connectivity index (χ1) is 7.29. The molecular formula is C11H9NO3. The number of H-pyrrole nitrogens is 1. The van der Waals surface area contributed by atoms with E-state index in [9.17, 15) is 9.59 Å². The number of pyridine rings is 1. The minimum absolute atomic E-state index is 0.0366. The van der Waals surface area contributed by atoms with Crippen molar-refractivity contribution in [3.8, 4) is 5.75 Å². The lowest BCUT2D eigenvalue weighted by atomic mass is 10.2. The van der Waals surface area contributed by atoms with Crippen molar-refractivity contribution in [2.45, 2.75) is 0 Å². The summed E-state index contributed by atoms with van der Waals surface area (Å²) in [5.41, 5.74) is 0.616. The maximum atomic E-state index is 11.0. The van der Waals surface area contributed by atoms with Crippen LogP contribution < -0.4 is 10.3 Å². The molecule has 15 heavy (non-hydrogen) atoms. The van der Waals surface area contributed by atoms with Gasteiger partial charge in [0.05, 0.1) is 0 Å². The molecule has 0 aliphatic heterocycles. The highest BCUT2D eigenvalue weighted by Gasteiger charge is 1.97. The number of aromatic amines is 1. The molecule has 0 aliphatic carbocycles. The number of rotatable bonds is 3. The van der Waals surface area contributed by atoms with E-state index in [0.717, 1.165) is 10.9 Å². The maximum Gasteiger partial charge on any atom is 0.248 e. The zero-order chi connectivity index (χ0) is 10.7. The van der Waals surface area contributed by atoms with Crippen molar-refractivity contribution in [3.05, 3.63) is 40.7 Å². The van der Waals surface area contributed by atoms with E-state index in [1.165, 1.54) is 6.07 Å². The second-order valence-corrected chi connectivity index (χ2v) is 3.05. The second kappa shape index (κ2) is 3.96. The van der Waals surface area contributed by atoms with E-state index in [-0.39, 0.29) is 12.2 Å². The SMILES string of the molecule is O=CCOc1ccc2[nH]c(=O)ccc2c1. The van der Waals surface area contributed by atoms with Crippen molar-refractivity contribution in [1.82, 2.24) is 4.98 Å². The maximum absolute atomic E-state index is 11.0. The number of aromatic nitrogens is 1. The van der Waals surface area contributed by atoms with Crippen LogP contribution >= 0.6 is 0 Å². The third-order valence-corrected chi connectivity index (χ3v) is 2.01. The number of nitrogens with one attached hydrogen (secondary N) is 1. The highest BCUT2D eigenvalue weighted by atomic mass is 16.5. The minimum Gasteiger partial charge on any atom is -0.486 e. The molecule has 1 heterocycles. The Labute approximate surface area is 85.5 Å². The number of carbonyl (C=O) groups is 1. The Morgan fingerprint density at radius 3 is 2.93 bits per heavy atom. The molecule has 2 rings (SSSR count). The molecule has 2 aromatic rings. The summed E-state index contributed by atoms with van der Waals surface area (Å²) in [5.74, 6) is 0.613. The van der Waals surface area contributed by atoms with E-state index in [0.29, 0.717) is 12.0 Å². The molecule has 0 atom stereocenters. The first kappa shape index (κ1) is 9.45. The summed E-state index contributed by atoms with van der Waals surface area (Å²) in [5, 5.41) is 0.873. The number of fused-ring (bicyclic) bond motifs is 1. The predicted molar refractivity (Wildman–Crippen MR) is 56.1 cm³/mol. The molecule has 0 saturated heterocycles. The van der Waals surface area contributed by atoms with Crippen LogP contribution in [-0.4, -0.2) is 17.9 Å². The zero-order valence-electron chi connectivity index (χ0n) is 7.90. The zero-order valence-corrected chi connectivity index (χ0v) is 7.90. The Kier molecular flexibility index (Phi) is 2.49. The molecule has 0 radical (unpaired) electrons. The fourth-order valence-electron chi connectivity index (χ4n) is 1.35. The molecule has 1 aromatic carbocycles. The van der Waals surface area contributed by atoms with Gasteiger partial charge in [-0.1, -0.05) is 0 Å². The van der Waals surface area contributed by atoms with Crippen LogP contribution in [0, 0.1) is 0 Å². The van der Waals surface area contributed by atoms with Crippen LogP contribution in [-0.2, 0) is 4.79 Å². The van der Waals surface area contributed by atoms with Crippen molar-refractivity contribution in [3.63, 3.8) is 0 Å². The van der Waals surface area contributed by atoms with Crippen LogP contribution in [0.4, 0.5) is 0 Å². The molecule has 1 aromatic heterocycles. The fraction of sp³-hybridized carbons (Fsp3) is 0.0909. The van der Waals surface area contributed by atoms with E-state index in [1.54, 1.807) is 24.3 Å². The summed E-state index contributed by atoms with van der Waals surface area (Å²) >= 11 is 0. The summed E-state index contributed by atoms with van der Waals surface area (Å²) in [4.78, 5) is 23.8. The summed E-state index contributed by atoms with van der Waals surface area (Å²) in [6.45, 7) is 0.0366. The topological polar surface area (TPSA) is 59.2 Å². The number of benzene rings is 1. The third-order valence-electron chi connectivity index (χ3n) is 2.01. The van der Waals surface area contributed by atoms with Gasteiger partial charge in [0.1, 0.15) is 12.4 Å². The van der Waals surface area contributed by atoms with Gasteiger partial charge in [0.2, 0.25) is 5.56 Å². The highest BCUT2D eigenvalue weighted by molar-refractivity contribution is 5.79. The van der Waals surface area contributed by atoms with E-state index < -0.39 is 0 Å². The number of carbonyl (C=O) groups excluding carboxylic acids is 1. The largest absolute Gasteiger partial charge is 0.486 e. The Hall–Kier alpha value is -2.10. The molecule has 0 fully saturated rings. The van der Waals surface area contributed by atoms with Gasteiger partial charge in [0, 0.05) is 17.0 Å². The molecule has 76 valence electrons. The lowest BCUT2D eigenvalue weighted by molar-refractivity contribution is -0.109. The van der Waals surface area contributed by atoms with Gasteiger partial charge in [0.25, 0.3) is 0 Å². The Morgan fingerprint density at radius 2 is 2.13 bits per heavy atom. The van der Waals surface area contributed by atoms with Gasteiger partial charge in [-0.3, -0.25) is 9.59 Å². The fourth-order valence-corrected chi connectivity index (χ4v) is 1.35. The molecule has 0 aliphatic rings. The molecule has 0 saturated carbocycles. The van der Waals surface area contributed by atoms with E-state index >= 15 is 0 Å². The Morgan fingerprint density at radius 1 is 1.27 bits per heavy atom. The summed E-state index contributed by atoms with van der Waals surface area (Å²) in [7, 11) is 0. The standard InChI is InChI=1S/C11H9NO3/c13-5-6-15-9-2-3-10-8(7-9)1-4-11(14)12-10/h1-5,7H,6H2,(H,12,14). The van der Waals surface area contributed by atoms with Crippen LogP contribution in [0.2, 0.25) is 0 Å². The molecule has 4 heteroatoms. The smallest absolute Gasteiger partial charge is 0.248 e. The molecule has 0 spiro atoms. The quantitative estimate of drug-likeness (QED) is 0.760. The molecule has 0 unspecified atom stereocenters. The van der Waals surface area contributed by atoms with Gasteiger partial charge in [-0.25, -0.2) is 0 Å². The minimum atomic E-state index is -0.135. The second-order valence-electron chi connectivity index (χ2n) is 3.05. The van der Waals surface area contributed by atoms with Gasteiger partial charge >= 0.3 is 0 Å². The average Bonchev–Trinajstić information content (AvgIpc) is 2.26. The van der Waals surface area contributed by atoms with Gasteiger partial charge < -0.3 is 9.72 Å². The first-order valence-electron chi connectivity index (χ1n) is 4.49. The molecule has 0 amide bonds. The number of hydrogen-bond acceptors (Lipinski definition) is 3. The summed E-state index contributed by atoms with van der Waals surface area (Å²) in [6, 6.07) is 8.39. The number of hydrogen-bond donors (Lipinski definition) is 1. The Bertz CT molecular complexity index is 545. The highest BCUT2D eigenvalue weighted by Crippen LogP contribution is 2.17. The van der Waals surface area contributed by atoms with Crippen LogP contribution in [0.15, 0.2) is 35.1 Å². The van der Waals surface area contributed by atoms with Gasteiger partial charge in [0.15, 0.2) is 6.29 Å². The van der Waals surface area contributed by atoms with Gasteiger partial charge in [-0.15, -0.1) is 0 Å². The normalized spacial score (nSPS) is 10.1. The molecule has 4 nitrogen and oxygen atoms in total. The van der Waals surface area contributed by atoms with Crippen molar-refractivity contribution < 1.29 is 9.53 Å². The van der Waals surface area contributed by atoms with E-state index in [2.05, 4.69) is 4.98 Å². The summed E-state index contributed by atoms with van der Waals surface area (Å²) in [6.07, 6.45) is 0.692. The first-order valence-corrected chi connectivity index (χ1v) is 4.49. The van der Waals surface area contributed by atoms with Crippen LogP contribution in [0.1, 0.15) is 0 Å². The van der Waals surface area contributed by atoms with Gasteiger partial charge in [-0.05, 0) is 24.3 Å². The molecular weight excluding hydrogens is 194 g/mol. The lowest BCUT2D eigenvalue weighted by Gasteiger charge is -2.03. The van der Waals surface area contributed by atoms with E-state index in [1.807, 2.05) is 0 Å². The predicted octanol–water partition coefficient (Wildman–Crippen LogP) is 1.11. The molecule has 1 N–H and O–H groups in total. The van der Waals surface area contributed by atoms with Crippen molar-refractivity contribution in [2.75, 3.05) is 6.61 Å². The summed E-state index contributed by atoms with van der Waals surface area (Å²) < 4.78 is 5.13. The van der Waals surface area contributed by atoms with Crippen molar-refractivity contribution >= 4 is 17.2 Å². The average molecular weight is 203 g/mol. The van der Waals surface area contributed by atoms with Crippen LogP contribution in [0.25, 0.3) is 10.9 Å². The van der Waals surface area contributed by atoms with Crippen LogP contribution in [0.3, 0.4) is 0 Å². The number of aldehydes is 1.